The number of likely N-dealkylation sites (tertiary alicyclic amines) is 3. The lowest BCUT2D eigenvalue weighted by Crippen LogP contribution is -2.65. The number of nitrogens with two attached hydrogens (primary N) is 1. The van der Waals surface area contributed by atoms with E-state index in [1.165, 1.54) is 77.0 Å². The van der Waals surface area contributed by atoms with Crippen molar-refractivity contribution in [3.05, 3.63) is 0 Å². The lowest BCUT2D eigenvalue weighted by molar-refractivity contribution is -0.146. The van der Waals surface area contributed by atoms with Gasteiger partial charge < -0.3 is 89.1 Å². The zero-order valence-electron chi connectivity index (χ0n) is 63.6. The topological polar surface area (TPSA) is 465 Å². The van der Waals surface area contributed by atoms with E-state index in [1.807, 2.05) is 41.5 Å². The molecule has 102 heavy (non-hydrogen) atoms. The number of rotatable bonds is 38. The van der Waals surface area contributed by atoms with E-state index >= 15 is 0 Å². The third kappa shape index (κ3) is 25.1. The second kappa shape index (κ2) is 38.5. The van der Waals surface area contributed by atoms with Gasteiger partial charge in [0.25, 0.3) is 0 Å². The lowest BCUT2D eigenvalue weighted by atomic mass is 9.95. The molecule has 578 valence electrons. The second-order valence-electron chi connectivity index (χ2n) is 31.2. The Morgan fingerprint density at radius 2 is 0.755 bits per heavy atom. The monoisotopic (exact) mass is 1440 g/mol. The van der Waals surface area contributed by atoms with Gasteiger partial charge in [-0.3, -0.25) is 71.9 Å². The minimum absolute atomic E-state index is 0.0372. The van der Waals surface area contributed by atoms with Gasteiger partial charge in [0.1, 0.15) is 76.5 Å². The summed E-state index contributed by atoms with van der Waals surface area (Å²) < 4.78 is 0. The lowest BCUT2D eigenvalue weighted by Gasteiger charge is -2.36. The average molecular weight is 1440 g/mol. The van der Waals surface area contributed by atoms with Gasteiger partial charge in [0.15, 0.2) is 0 Å². The minimum Gasteiger partial charge on any atom is -0.394 e. The first-order valence-corrected chi connectivity index (χ1v) is 36.0. The van der Waals surface area contributed by atoms with Gasteiger partial charge in [0.2, 0.25) is 88.6 Å². The number of hydrogen-bond acceptors (Lipinski definition) is 17. The molecule has 3 saturated heterocycles. The summed E-state index contributed by atoms with van der Waals surface area (Å²) >= 11 is 0. The van der Waals surface area contributed by atoms with Crippen LogP contribution in [-0.2, 0) is 71.9 Å². The molecule has 12 unspecified atom stereocenters. The number of primary amides is 1. The van der Waals surface area contributed by atoms with Crippen LogP contribution in [0.4, 0.5) is 0 Å². The third-order valence-electron chi connectivity index (χ3n) is 18.8. The van der Waals surface area contributed by atoms with Crippen LogP contribution in [0.2, 0.25) is 0 Å². The normalized spacial score (nSPS) is 19.2. The van der Waals surface area contributed by atoms with E-state index in [9.17, 15) is 82.1 Å². The van der Waals surface area contributed by atoms with E-state index < -0.39 is 196 Å². The minimum atomic E-state index is -1.75. The number of aliphatic hydroxyl groups excluding tert-OH is 2. The molecular formula is C70H121N15O17. The van der Waals surface area contributed by atoms with Crippen molar-refractivity contribution in [1.29, 1.82) is 0 Å². The van der Waals surface area contributed by atoms with E-state index in [0.29, 0.717) is 44.9 Å². The van der Waals surface area contributed by atoms with Crippen molar-refractivity contribution in [2.45, 2.75) is 291 Å². The molecule has 3 aliphatic heterocycles. The van der Waals surface area contributed by atoms with Crippen LogP contribution in [0.1, 0.15) is 209 Å². The summed E-state index contributed by atoms with van der Waals surface area (Å²) in [4.78, 5) is 211. The Morgan fingerprint density at radius 1 is 0.412 bits per heavy atom. The summed E-state index contributed by atoms with van der Waals surface area (Å²) in [5, 5.41) is 49.7. The largest absolute Gasteiger partial charge is 0.394 e. The van der Waals surface area contributed by atoms with E-state index in [4.69, 9.17) is 5.73 Å². The van der Waals surface area contributed by atoms with Crippen molar-refractivity contribution in [2.24, 2.45) is 35.3 Å². The Bertz CT molecular complexity index is 3030. The zero-order chi connectivity index (χ0) is 77.9. The Labute approximate surface area is 601 Å². The van der Waals surface area contributed by atoms with Gasteiger partial charge in [-0.15, -0.1) is 0 Å². The second-order valence-corrected chi connectivity index (χ2v) is 31.2. The maximum Gasteiger partial charge on any atom is 0.248 e. The van der Waals surface area contributed by atoms with Crippen LogP contribution in [0, 0.1) is 29.6 Å². The molecule has 32 heteroatoms. The fourth-order valence-electron chi connectivity index (χ4n) is 12.9. The molecule has 3 heterocycles. The highest BCUT2D eigenvalue weighted by Crippen LogP contribution is 2.27. The summed E-state index contributed by atoms with van der Waals surface area (Å²) in [5.41, 5.74) is -1.10. The van der Waals surface area contributed by atoms with Gasteiger partial charge in [-0.05, 0) is 143 Å². The van der Waals surface area contributed by atoms with Gasteiger partial charge >= 0.3 is 0 Å². The number of carbonyl (C=O) groups excluding carboxylic acids is 15. The number of carbonyl (C=O) groups is 15. The van der Waals surface area contributed by atoms with Crippen molar-refractivity contribution in [3.63, 3.8) is 0 Å². The van der Waals surface area contributed by atoms with Gasteiger partial charge in [-0.2, -0.15) is 0 Å². The van der Waals surface area contributed by atoms with Crippen molar-refractivity contribution >= 4 is 88.6 Å². The highest BCUT2D eigenvalue weighted by molar-refractivity contribution is 6.02. The first-order chi connectivity index (χ1) is 47.2. The Kier molecular flexibility index (Phi) is 33.3. The molecule has 12 atom stereocenters. The first kappa shape index (κ1) is 88.2. The Balaban J connectivity index is 1.75. The van der Waals surface area contributed by atoms with Gasteiger partial charge in [0.05, 0.1) is 25.7 Å². The predicted molar refractivity (Wildman–Crippen MR) is 378 cm³/mol. The van der Waals surface area contributed by atoms with Crippen LogP contribution >= 0.6 is 0 Å². The fraction of sp³-hybridized carbons (Fsp3) is 0.786. The smallest absolute Gasteiger partial charge is 0.248 e. The molecule has 0 aromatic rings. The molecule has 0 bridgehead atoms. The summed E-state index contributed by atoms with van der Waals surface area (Å²) in [6.45, 7) is 29.9. The molecule has 15 amide bonds. The van der Waals surface area contributed by atoms with Crippen molar-refractivity contribution < 1.29 is 82.1 Å². The molecule has 3 fully saturated rings. The number of aliphatic hydroxyl groups is 2. The standard InChI is InChI=1S/C70H121N15O17/c1-20-40(9)52(77-55(91)46(34-51(71)89)76-63(99)67(12,13)79-42(11)88)61(97)81-70(18,19)66(102)85-30-24-27-50(85)60(96)75-47(36-87)56(92)78-53(41(10)21-2)62(98)82-69(16,17)65(101)84-29-23-26-49(84)59(95)74-44(32-38(5)6)54(90)73-45(33-39(7)8)57(93)80-68(14,15)64(100)83-28-22-25-48(83)58(94)72-43(35-86)31-37(3)4/h37-41,43-50,52-53,86-87H,20-36H2,1-19H3,(H2,71,89)(H,72,94)(H,73,90)(H,74,95)(H,75,96)(H,76,99)(H,77,91)(H,78,92)(H,79,88)(H,80,93)(H,81,97)(H,82,98). The Morgan fingerprint density at radius 3 is 1.10 bits per heavy atom. The van der Waals surface area contributed by atoms with Crippen molar-refractivity contribution in [1.82, 2.24) is 73.2 Å². The first-order valence-electron chi connectivity index (χ1n) is 36.0. The number of nitrogens with one attached hydrogen (secondary N) is 11. The molecule has 0 spiro atoms. The highest BCUT2D eigenvalue weighted by atomic mass is 16.3. The van der Waals surface area contributed by atoms with E-state index in [-0.39, 0.29) is 69.7 Å². The summed E-state index contributed by atoms with van der Waals surface area (Å²) in [5.74, 6) is -12.4. The van der Waals surface area contributed by atoms with Gasteiger partial charge in [-0.25, -0.2) is 0 Å². The zero-order valence-corrected chi connectivity index (χ0v) is 63.6. The van der Waals surface area contributed by atoms with Crippen LogP contribution in [0.25, 0.3) is 0 Å². The maximum atomic E-state index is 14.6. The number of amides is 15. The van der Waals surface area contributed by atoms with Crippen molar-refractivity contribution in [3.8, 4) is 0 Å². The van der Waals surface area contributed by atoms with Gasteiger partial charge in [0, 0.05) is 26.6 Å². The van der Waals surface area contributed by atoms with Crippen LogP contribution in [0.15, 0.2) is 0 Å². The Hall–Kier alpha value is -8.03. The van der Waals surface area contributed by atoms with E-state index in [2.05, 4.69) is 58.5 Å². The van der Waals surface area contributed by atoms with Crippen LogP contribution < -0.4 is 64.2 Å². The molecule has 0 radical (unpaired) electrons. The highest BCUT2D eigenvalue weighted by Gasteiger charge is 2.48. The molecule has 32 nitrogen and oxygen atoms in total. The van der Waals surface area contributed by atoms with E-state index in [0.717, 1.165) is 0 Å². The predicted octanol–water partition coefficient (Wildman–Crippen LogP) is -0.957. The molecular weight excluding hydrogens is 1320 g/mol. The molecule has 3 rings (SSSR count). The number of nitrogens with zero attached hydrogens (tertiary/aromatic N) is 3. The third-order valence-corrected chi connectivity index (χ3v) is 18.8. The molecule has 0 saturated carbocycles. The van der Waals surface area contributed by atoms with Gasteiger partial charge in [-0.1, -0.05) is 82.1 Å². The van der Waals surface area contributed by atoms with Crippen LogP contribution in [0.3, 0.4) is 0 Å². The molecule has 15 N–H and O–H groups in total. The molecule has 0 aromatic heterocycles. The number of hydrogen-bond donors (Lipinski definition) is 14. The maximum absolute atomic E-state index is 14.6. The van der Waals surface area contributed by atoms with E-state index in [1.54, 1.807) is 27.7 Å². The van der Waals surface area contributed by atoms with Crippen molar-refractivity contribution in [2.75, 3.05) is 32.8 Å². The SMILES string of the molecule is CCC(C)C(NC(=O)C(CO)NC(=O)C1CCCN1C(=O)C(C)(C)NC(=O)C(NC(=O)C(CC(N)=O)NC(=O)C(C)(C)NC(C)=O)C(C)CC)C(=O)NC(C)(C)C(=O)N1CCCC1C(=O)NC(CC(C)C)C(=O)NC(CC(C)C)C(=O)NC(C)(C)C(=O)N1CCCC1C(=O)NC(CO)CC(C)C. The molecule has 0 aromatic carbocycles. The summed E-state index contributed by atoms with van der Waals surface area (Å²) in [6.07, 6.45) is 2.70. The van der Waals surface area contributed by atoms with Crippen LogP contribution in [-0.4, -0.2) is 229 Å². The fourth-order valence-corrected chi connectivity index (χ4v) is 12.9. The molecule has 0 aliphatic carbocycles. The average Bonchev–Trinajstić information content (AvgIpc) is 1.75. The summed E-state index contributed by atoms with van der Waals surface area (Å²) in [6, 6.07) is -11.9. The summed E-state index contributed by atoms with van der Waals surface area (Å²) in [7, 11) is 0. The van der Waals surface area contributed by atoms with Crippen LogP contribution in [0.5, 0.6) is 0 Å². The quantitative estimate of drug-likeness (QED) is 0.0354. The molecule has 3 aliphatic rings.